The van der Waals surface area contributed by atoms with E-state index in [2.05, 4.69) is 4.99 Å². The molecule has 3 aromatic carbocycles. The van der Waals surface area contributed by atoms with Crippen LogP contribution in [0.1, 0.15) is 36.6 Å². The van der Waals surface area contributed by atoms with E-state index < -0.39 is 17.8 Å². The van der Waals surface area contributed by atoms with Crippen molar-refractivity contribution in [3.63, 3.8) is 0 Å². The summed E-state index contributed by atoms with van der Waals surface area (Å²) in [7, 11) is 0. The van der Waals surface area contributed by atoms with E-state index in [1.165, 1.54) is 40.2 Å². The van der Waals surface area contributed by atoms with Crippen molar-refractivity contribution in [3.8, 4) is 5.75 Å². The first-order valence-corrected chi connectivity index (χ1v) is 13.1. The zero-order valence-electron chi connectivity index (χ0n) is 21.2. The number of nitrogens with zero attached hydrogens (tertiary/aromatic N) is 2. The molecule has 39 heavy (non-hydrogen) atoms. The average molecular weight is 547 g/mol. The van der Waals surface area contributed by atoms with Gasteiger partial charge >= 0.3 is 5.97 Å². The van der Waals surface area contributed by atoms with Gasteiger partial charge in [-0.3, -0.25) is 9.36 Å². The van der Waals surface area contributed by atoms with E-state index in [1.54, 1.807) is 56.3 Å². The number of carbonyl (C=O) groups excluding carboxylic acids is 1. The van der Waals surface area contributed by atoms with Gasteiger partial charge < -0.3 is 9.47 Å². The molecule has 0 unspecified atom stereocenters. The van der Waals surface area contributed by atoms with E-state index in [0.717, 1.165) is 11.1 Å². The zero-order valence-corrected chi connectivity index (χ0v) is 22.0. The first-order chi connectivity index (χ1) is 18.8. The summed E-state index contributed by atoms with van der Waals surface area (Å²) in [4.78, 5) is 31.6. The Kier molecular flexibility index (Phi) is 7.51. The number of thiazole rings is 1. The molecule has 0 saturated heterocycles. The fraction of sp³-hybridized carbons (Fsp3) is 0.167. The first-order valence-electron chi connectivity index (χ1n) is 12.3. The van der Waals surface area contributed by atoms with Crippen LogP contribution in [0.4, 0.5) is 8.78 Å². The summed E-state index contributed by atoms with van der Waals surface area (Å²) in [6, 6.07) is 18.2. The highest BCUT2D eigenvalue weighted by Gasteiger charge is 2.33. The maximum atomic E-state index is 13.7. The molecule has 198 valence electrons. The number of halogens is 2. The lowest BCUT2D eigenvalue weighted by molar-refractivity contribution is -0.139. The van der Waals surface area contributed by atoms with Crippen molar-refractivity contribution in [1.82, 2.24) is 4.57 Å². The summed E-state index contributed by atoms with van der Waals surface area (Å²) >= 11 is 1.20. The van der Waals surface area contributed by atoms with Crippen molar-refractivity contribution in [1.29, 1.82) is 0 Å². The van der Waals surface area contributed by atoms with Gasteiger partial charge in [-0.2, -0.15) is 0 Å². The number of aromatic nitrogens is 1. The maximum absolute atomic E-state index is 13.7. The molecule has 0 amide bonds. The smallest absolute Gasteiger partial charge is 0.338 e. The Morgan fingerprint density at radius 2 is 1.74 bits per heavy atom. The molecule has 6 nitrogen and oxygen atoms in total. The molecule has 0 aliphatic carbocycles. The number of rotatable bonds is 7. The van der Waals surface area contributed by atoms with Crippen LogP contribution in [-0.4, -0.2) is 17.1 Å². The molecule has 1 aromatic heterocycles. The summed E-state index contributed by atoms with van der Waals surface area (Å²) < 4.78 is 39.9. The molecule has 0 spiro atoms. The number of ether oxygens (including phenoxy) is 2. The van der Waals surface area contributed by atoms with E-state index in [4.69, 9.17) is 9.47 Å². The van der Waals surface area contributed by atoms with Gasteiger partial charge in [0.05, 0.1) is 28.5 Å². The molecule has 0 saturated carbocycles. The van der Waals surface area contributed by atoms with Crippen LogP contribution in [-0.2, 0) is 16.1 Å². The number of carbonyl (C=O) groups is 1. The summed E-state index contributed by atoms with van der Waals surface area (Å²) in [5.41, 5.74) is 2.46. The van der Waals surface area contributed by atoms with Crippen LogP contribution in [0.15, 0.2) is 93.9 Å². The van der Waals surface area contributed by atoms with Crippen molar-refractivity contribution >= 4 is 23.4 Å². The van der Waals surface area contributed by atoms with Gasteiger partial charge in [0.2, 0.25) is 0 Å². The highest BCUT2D eigenvalue weighted by atomic mass is 32.1. The fourth-order valence-electron chi connectivity index (χ4n) is 4.34. The molecule has 0 N–H and O–H groups in total. The Labute approximate surface area is 226 Å². The minimum atomic E-state index is -0.812. The highest BCUT2D eigenvalue weighted by Crippen LogP contribution is 2.30. The number of benzene rings is 3. The van der Waals surface area contributed by atoms with Gasteiger partial charge in [-0.05, 0) is 73.0 Å². The van der Waals surface area contributed by atoms with Crippen LogP contribution in [0.2, 0.25) is 0 Å². The van der Waals surface area contributed by atoms with Crippen LogP contribution in [0, 0.1) is 11.6 Å². The van der Waals surface area contributed by atoms with Crippen molar-refractivity contribution in [2.45, 2.75) is 26.5 Å². The number of hydrogen-bond acceptors (Lipinski definition) is 6. The summed E-state index contributed by atoms with van der Waals surface area (Å²) in [5, 5.41) is 0. The van der Waals surface area contributed by atoms with Crippen molar-refractivity contribution in [3.05, 3.63) is 132 Å². The second-order valence-electron chi connectivity index (χ2n) is 8.84. The van der Waals surface area contributed by atoms with E-state index in [1.807, 2.05) is 12.1 Å². The lowest BCUT2D eigenvalue weighted by atomic mass is 9.96. The number of esters is 1. The molecule has 9 heteroatoms. The van der Waals surface area contributed by atoms with E-state index >= 15 is 0 Å². The Balaban J connectivity index is 1.53. The highest BCUT2D eigenvalue weighted by molar-refractivity contribution is 7.07. The normalized spacial score (nSPS) is 15.1. The van der Waals surface area contributed by atoms with Crippen molar-refractivity contribution in [2.24, 2.45) is 4.99 Å². The summed E-state index contributed by atoms with van der Waals surface area (Å²) in [6.45, 7) is 3.82. The number of allylic oxidation sites excluding steroid dienone is 1. The third-order valence-corrected chi connectivity index (χ3v) is 7.16. The monoisotopic (exact) mass is 546 g/mol. The third kappa shape index (κ3) is 5.58. The lowest BCUT2D eigenvalue weighted by Crippen LogP contribution is -2.39. The molecule has 0 bridgehead atoms. The van der Waals surface area contributed by atoms with E-state index in [9.17, 15) is 18.4 Å². The Morgan fingerprint density at radius 3 is 2.44 bits per heavy atom. The summed E-state index contributed by atoms with van der Waals surface area (Å²) in [6.07, 6.45) is 1.74. The summed E-state index contributed by atoms with van der Waals surface area (Å²) in [5.74, 6) is -0.724. The average Bonchev–Trinajstić information content (AvgIpc) is 3.22. The second-order valence-corrected chi connectivity index (χ2v) is 9.85. The molecule has 5 rings (SSSR count). The van der Waals surface area contributed by atoms with Crippen molar-refractivity contribution < 1.29 is 23.0 Å². The Bertz CT molecular complexity index is 1740. The third-order valence-electron chi connectivity index (χ3n) is 6.18. The minimum absolute atomic E-state index is 0.162. The first kappa shape index (κ1) is 26.2. The molecular formula is C30H24F2N2O4S. The van der Waals surface area contributed by atoms with Crippen LogP contribution in [0.25, 0.3) is 6.08 Å². The maximum Gasteiger partial charge on any atom is 0.338 e. The van der Waals surface area contributed by atoms with Crippen molar-refractivity contribution in [2.75, 3.05) is 6.61 Å². The minimum Gasteiger partial charge on any atom is -0.489 e. The molecular weight excluding hydrogens is 522 g/mol. The Hall–Kier alpha value is -4.37. The molecule has 2 heterocycles. The van der Waals surface area contributed by atoms with Gasteiger partial charge in [0.25, 0.3) is 5.56 Å². The van der Waals surface area contributed by atoms with Crippen LogP contribution < -0.4 is 19.6 Å². The molecule has 1 aliphatic rings. The zero-order chi connectivity index (χ0) is 27.5. The standard InChI is InChI=1S/C30H24F2N2O4S/c1-3-37-29(36)26-18(2)33-30-34(27(26)21-9-13-23(32)14-10-21)28(35)25(39-30)16-20-5-4-6-24(15-20)38-17-19-7-11-22(31)12-8-19/h4-16,27H,3,17H2,1-2H3/b25-16-/t27-/m1/s1. The fourth-order valence-corrected chi connectivity index (χ4v) is 5.39. The second kappa shape index (κ2) is 11.2. The van der Waals surface area contributed by atoms with E-state index in [0.29, 0.717) is 26.3 Å². The van der Waals surface area contributed by atoms with E-state index in [-0.39, 0.29) is 30.2 Å². The Morgan fingerprint density at radius 1 is 1.05 bits per heavy atom. The molecule has 1 atom stereocenters. The van der Waals surface area contributed by atoms with Crippen LogP contribution in [0.5, 0.6) is 5.75 Å². The predicted molar refractivity (Wildman–Crippen MR) is 144 cm³/mol. The van der Waals surface area contributed by atoms with Gasteiger partial charge in [0.15, 0.2) is 4.80 Å². The lowest BCUT2D eigenvalue weighted by Gasteiger charge is -2.24. The molecule has 4 aromatic rings. The predicted octanol–water partition coefficient (Wildman–Crippen LogP) is 4.66. The quantitative estimate of drug-likeness (QED) is 0.317. The topological polar surface area (TPSA) is 69.9 Å². The molecule has 0 fully saturated rings. The largest absolute Gasteiger partial charge is 0.489 e. The number of fused-ring (bicyclic) bond motifs is 1. The van der Waals surface area contributed by atoms with Gasteiger partial charge in [-0.15, -0.1) is 0 Å². The number of hydrogen-bond donors (Lipinski definition) is 0. The van der Waals surface area contributed by atoms with Gasteiger partial charge in [-0.25, -0.2) is 18.6 Å². The SMILES string of the molecule is CCOC(=O)C1=C(C)N=c2s/c(=C\c3cccc(OCc4ccc(F)cc4)c3)c(=O)n2[C@@H]1c1ccc(F)cc1. The molecule has 0 radical (unpaired) electrons. The van der Waals surface area contributed by atoms with Gasteiger partial charge in [0, 0.05) is 0 Å². The molecule has 1 aliphatic heterocycles. The van der Waals surface area contributed by atoms with Crippen LogP contribution in [0.3, 0.4) is 0 Å². The van der Waals surface area contributed by atoms with Gasteiger partial charge in [0.1, 0.15) is 24.0 Å². The van der Waals surface area contributed by atoms with Crippen LogP contribution >= 0.6 is 11.3 Å². The van der Waals surface area contributed by atoms with Gasteiger partial charge in [-0.1, -0.05) is 47.7 Å².